The van der Waals surface area contributed by atoms with E-state index >= 15 is 0 Å². The summed E-state index contributed by atoms with van der Waals surface area (Å²) in [6.07, 6.45) is 0. The number of carbonyl (C=O) groups is 1. The van der Waals surface area contributed by atoms with Crippen LogP contribution in [0.5, 0.6) is 0 Å². The van der Waals surface area contributed by atoms with E-state index in [1.807, 2.05) is 30.3 Å². The molecule has 0 bridgehead atoms. The molecule has 0 aliphatic heterocycles. The molecular weight excluding hydrogens is 343 g/mol. The Bertz CT molecular complexity index is 988. The zero-order valence-corrected chi connectivity index (χ0v) is 14.0. The van der Waals surface area contributed by atoms with Crippen molar-refractivity contribution in [3.05, 3.63) is 71.4 Å². The van der Waals surface area contributed by atoms with Crippen LogP contribution in [0.15, 0.2) is 60.7 Å². The van der Waals surface area contributed by atoms with Gasteiger partial charge in [0.05, 0.1) is 15.1 Å². The van der Waals surface area contributed by atoms with Crippen molar-refractivity contribution in [1.29, 1.82) is 0 Å². The maximum Gasteiger partial charge on any atom is 0.267 e. The van der Waals surface area contributed by atoms with E-state index in [0.717, 1.165) is 20.7 Å². The van der Waals surface area contributed by atoms with Gasteiger partial charge in [-0.05, 0) is 42.0 Å². The smallest absolute Gasteiger partial charge is 0.267 e. The van der Waals surface area contributed by atoms with Crippen LogP contribution < -0.4 is 5.32 Å². The number of rotatable bonds is 3. The third kappa shape index (κ3) is 2.93. The molecule has 24 heavy (non-hydrogen) atoms. The number of thiophene rings is 1. The van der Waals surface area contributed by atoms with E-state index in [0.29, 0.717) is 10.0 Å². The second-order valence-corrected chi connectivity index (χ2v) is 7.23. The minimum atomic E-state index is -0.274. The molecule has 2 aromatic carbocycles. The summed E-state index contributed by atoms with van der Waals surface area (Å²) in [7, 11) is 0. The number of hydrogen-bond acceptors (Lipinski definition) is 4. The van der Waals surface area contributed by atoms with Gasteiger partial charge in [-0.1, -0.05) is 35.6 Å². The number of nitrogens with one attached hydrogen (secondary N) is 1. The lowest BCUT2D eigenvalue weighted by Crippen LogP contribution is -2.09. The van der Waals surface area contributed by atoms with Crippen LogP contribution in [-0.4, -0.2) is 10.9 Å². The van der Waals surface area contributed by atoms with Gasteiger partial charge in [-0.15, -0.1) is 11.3 Å². The maximum absolute atomic E-state index is 13.0. The van der Waals surface area contributed by atoms with Gasteiger partial charge in [-0.2, -0.15) is 0 Å². The number of benzene rings is 2. The highest BCUT2D eigenvalue weighted by Crippen LogP contribution is 2.30. The molecule has 2 heterocycles. The van der Waals surface area contributed by atoms with Crippen LogP contribution in [0, 0.1) is 5.82 Å². The zero-order valence-electron chi connectivity index (χ0n) is 12.3. The molecule has 0 radical (unpaired) electrons. The van der Waals surface area contributed by atoms with Crippen molar-refractivity contribution < 1.29 is 9.18 Å². The summed E-state index contributed by atoms with van der Waals surface area (Å²) in [6, 6.07) is 17.6. The summed E-state index contributed by atoms with van der Waals surface area (Å²) in [6.45, 7) is 0. The average molecular weight is 354 g/mol. The first-order valence-electron chi connectivity index (χ1n) is 7.22. The van der Waals surface area contributed by atoms with E-state index in [1.54, 1.807) is 18.2 Å². The number of nitrogens with zero attached hydrogens (tertiary/aromatic N) is 1. The van der Waals surface area contributed by atoms with Crippen LogP contribution in [0.3, 0.4) is 0 Å². The van der Waals surface area contributed by atoms with Gasteiger partial charge in [-0.3, -0.25) is 10.1 Å². The van der Waals surface area contributed by atoms with Gasteiger partial charge >= 0.3 is 0 Å². The first-order chi connectivity index (χ1) is 11.7. The van der Waals surface area contributed by atoms with Gasteiger partial charge in [0.25, 0.3) is 5.91 Å². The molecule has 0 saturated carbocycles. The summed E-state index contributed by atoms with van der Waals surface area (Å²) in [5, 5.41) is 3.42. The van der Waals surface area contributed by atoms with Crippen LogP contribution in [0.4, 0.5) is 9.52 Å². The molecule has 4 rings (SSSR count). The Morgan fingerprint density at radius 1 is 0.958 bits per heavy atom. The van der Waals surface area contributed by atoms with Gasteiger partial charge in [0.1, 0.15) is 5.82 Å². The molecule has 1 N–H and O–H groups in total. The number of para-hydroxylation sites is 1. The molecule has 2 aromatic heterocycles. The average Bonchev–Trinajstić information content (AvgIpc) is 3.21. The summed E-state index contributed by atoms with van der Waals surface area (Å²) in [5.41, 5.74) is 1.76. The van der Waals surface area contributed by atoms with Gasteiger partial charge in [0.2, 0.25) is 0 Å². The Hall–Kier alpha value is -2.57. The van der Waals surface area contributed by atoms with Gasteiger partial charge < -0.3 is 0 Å². The minimum Gasteiger partial charge on any atom is -0.297 e. The van der Waals surface area contributed by atoms with E-state index in [1.165, 1.54) is 34.8 Å². The number of fused-ring (bicyclic) bond motifs is 1. The first-order valence-corrected chi connectivity index (χ1v) is 8.85. The fourth-order valence-corrected chi connectivity index (χ4v) is 4.08. The highest BCUT2D eigenvalue weighted by atomic mass is 32.1. The van der Waals surface area contributed by atoms with Crippen LogP contribution in [-0.2, 0) is 0 Å². The van der Waals surface area contributed by atoms with Gasteiger partial charge in [0.15, 0.2) is 5.13 Å². The molecule has 6 heteroatoms. The topological polar surface area (TPSA) is 42.0 Å². The molecule has 0 aliphatic carbocycles. The third-order valence-electron chi connectivity index (χ3n) is 3.47. The number of thiazole rings is 1. The monoisotopic (exact) mass is 354 g/mol. The van der Waals surface area contributed by atoms with Crippen molar-refractivity contribution in [2.24, 2.45) is 0 Å². The summed E-state index contributed by atoms with van der Waals surface area (Å²) >= 11 is 2.81. The number of hydrogen-bond donors (Lipinski definition) is 1. The number of anilines is 1. The maximum atomic E-state index is 13.0. The van der Waals surface area contributed by atoms with Crippen LogP contribution in [0.2, 0.25) is 0 Å². The fraction of sp³-hybridized carbons (Fsp3) is 0. The second kappa shape index (κ2) is 6.14. The summed E-state index contributed by atoms with van der Waals surface area (Å²) < 4.78 is 14.0. The lowest BCUT2D eigenvalue weighted by atomic mass is 10.2. The van der Waals surface area contributed by atoms with Crippen molar-refractivity contribution in [2.45, 2.75) is 0 Å². The molecule has 0 atom stereocenters. The predicted molar refractivity (Wildman–Crippen MR) is 97.3 cm³/mol. The minimum absolute atomic E-state index is 0.188. The molecule has 0 aliphatic rings. The van der Waals surface area contributed by atoms with E-state index in [2.05, 4.69) is 10.3 Å². The molecule has 0 unspecified atom stereocenters. The van der Waals surface area contributed by atoms with E-state index in [4.69, 9.17) is 0 Å². The van der Waals surface area contributed by atoms with Crippen molar-refractivity contribution in [2.75, 3.05) is 5.32 Å². The molecule has 0 saturated heterocycles. The van der Waals surface area contributed by atoms with E-state index in [-0.39, 0.29) is 11.7 Å². The highest BCUT2D eigenvalue weighted by molar-refractivity contribution is 7.22. The van der Waals surface area contributed by atoms with Crippen LogP contribution in [0.25, 0.3) is 20.7 Å². The Kier molecular flexibility index (Phi) is 3.84. The Labute approximate surface area is 145 Å². The molecular formula is C18H11FN2OS2. The fourth-order valence-electron chi connectivity index (χ4n) is 2.31. The summed E-state index contributed by atoms with van der Waals surface area (Å²) in [4.78, 5) is 18.3. The summed E-state index contributed by atoms with van der Waals surface area (Å²) in [5.74, 6) is -0.462. The van der Waals surface area contributed by atoms with Crippen LogP contribution >= 0.6 is 22.7 Å². The van der Waals surface area contributed by atoms with Crippen molar-refractivity contribution in [3.8, 4) is 10.4 Å². The SMILES string of the molecule is O=C(Nc1nc2ccccc2s1)c1ccc(-c2ccc(F)cc2)s1. The molecule has 4 aromatic rings. The molecule has 3 nitrogen and oxygen atoms in total. The van der Waals surface area contributed by atoms with E-state index in [9.17, 15) is 9.18 Å². The van der Waals surface area contributed by atoms with Gasteiger partial charge in [0, 0.05) is 4.88 Å². The Morgan fingerprint density at radius 3 is 2.54 bits per heavy atom. The van der Waals surface area contributed by atoms with Crippen molar-refractivity contribution in [3.63, 3.8) is 0 Å². The number of halogens is 1. The molecule has 1 amide bonds. The Balaban J connectivity index is 1.55. The standard InChI is InChI=1S/C18H11FN2OS2/c19-12-7-5-11(6-8-12)14-9-10-16(23-14)17(22)21-18-20-13-3-1-2-4-15(13)24-18/h1-10H,(H,20,21,22). The molecule has 0 spiro atoms. The lowest BCUT2D eigenvalue weighted by Gasteiger charge is -1.98. The molecule has 0 fully saturated rings. The molecule has 118 valence electrons. The predicted octanol–water partition coefficient (Wildman–Crippen LogP) is 5.42. The quantitative estimate of drug-likeness (QED) is 0.534. The first kappa shape index (κ1) is 15.0. The number of carbonyl (C=O) groups excluding carboxylic acids is 1. The number of aromatic nitrogens is 1. The highest BCUT2D eigenvalue weighted by Gasteiger charge is 2.13. The number of amides is 1. The van der Waals surface area contributed by atoms with Gasteiger partial charge in [-0.25, -0.2) is 9.37 Å². The normalized spacial score (nSPS) is 10.9. The van der Waals surface area contributed by atoms with E-state index < -0.39 is 0 Å². The van der Waals surface area contributed by atoms with Crippen molar-refractivity contribution >= 4 is 43.9 Å². The van der Waals surface area contributed by atoms with Crippen LogP contribution in [0.1, 0.15) is 9.67 Å². The van der Waals surface area contributed by atoms with Crippen molar-refractivity contribution in [1.82, 2.24) is 4.98 Å². The Morgan fingerprint density at radius 2 is 1.75 bits per heavy atom. The third-order valence-corrected chi connectivity index (χ3v) is 5.56. The second-order valence-electron chi connectivity index (χ2n) is 5.11. The zero-order chi connectivity index (χ0) is 16.5. The largest absolute Gasteiger partial charge is 0.297 e. The lowest BCUT2D eigenvalue weighted by molar-refractivity contribution is 0.103.